The number of pyridine rings is 2. The summed E-state index contributed by atoms with van der Waals surface area (Å²) in [5.74, 6) is 0. The van der Waals surface area contributed by atoms with Gasteiger partial charge in [-0.3, -0.25) is 18.3 Å². The molecule has 2 aromatic carbocycles. The third-order valence-corrected chi connectivity index (χ3v) is 11.6. The highest BCUT2D eigenvalue weighted by atomic mass is 35.5. The SMILES string of the molecule is Cn1c(=O)n(CC(C)(C)C)c2ccc(-c3cccc(N4CCN(C(=O)OCCF)CC4)c3)nc21.Cn1c(=O)n(CC(C)(C)C)c2ccc(-c3cccc(N4CCNCC4)c3)nc21.O=C(Cl)OCCF. The number of nitrogens with one attached hydrogen (secondary N) is 1. The van der Waals surface area contributed by atoms with E-state index in [2.05, 4.69) is 103 Å². The first-order valence-corrected chi connectivity index (χ1v) is 23.6. The number of hydrogen-bond acceptors (Lipinski definition) is 11. The van der Waals surface area contributed by atoms with Crippen molar-refractivity contribution in [3.05, 3.63) is 93.8 Å². The van der Waals surface area contributed by atoms with E-state index in [0.29, 0.717) is 44.9 Å². The summed E-state index contributed by atoms with van der Waals surface area (Å²) in [5.41, 5.74) is 8.07. The smallest absolute Gasteiger partial charge is 0.409 e. The van der Waals surface area contributed by atoms with E-state index in [-0.39, 0.29) is 35.4 Å². The monoisotopic (exact) mass is 974 g/mol. The number of carbonyl (C=O) groups is 2. The molecule has 0 radical (unpaired) electrons. The number of imidazole rings is 2. The maximum Gasteiger partial charge on any atom is 0.409 e. The number of aryl methyl sites for hydroxylation is 2. The van der Waals surface area contributed by atoms with Gasteiger partial charge in [0.2, 0.25) is 0 Å². The zero-order valence-electron chi connectivity index (χ0n) is 40.9. The zero-order chi connectivity index (χ0) is 50.0. The number of hydrogen-bond donors (Lipinski definition) is 1. The van der Waals surface area contributed by atoms with Crippen molar-refractivity contribution in [2.75, 3.05) is 88.7 Å². The largest absolute Gasteiger partial charge is 0.451 e. The quantitative estimate of drug-likeness (QED) is 0.134. The number of ether oxygens (including phenoxy) is 2. The Morgan fingerprint density at radius 1 is 0.638 bits per heavy atom. The lowest BCUT2D eigenvalue weighted by molar-refractivity contribution is 0.0943. The van der Waals surface area contributed by atoms with E-state index in [0.717, 1.165) is 71.1 Å². The molecular formula is C50H65ClF2N10O6. The fraction of sp³-hybridized carbons (Fsp3) is 0.480. The molecule has 16 nitrogen and oxygen atoms in total. The van der Waals surface area contributed by atoms with Crippen molar-refractivity contribution in [2.24, 2.45) is 24.9 Å². The lowest BCUT2D eigenvalue weighted by Crippen LogP contribution is -2.49. The van der Waals surface area contributed by atoms with E-state index >= 15 is 0 Å². The Balaban J connectivity index is 0.000000202. The molecule has 0 atom stereocenters. The number of benzene rings is 2. The Bertz CT molecular complexity index is 2830. The molecule has 0 saturated carbocycles. The number of anilines is 2. The van der Waals surface area contributed by atoms with Crippen LogP contribution in [0, 0.1) is 10.8 Å². The summed E-state index contributed by atoms with van der Waals surface area (Å²) >= 11 is 4.63. The molecule has 2 aliphatic heterocycles. The standard InChI is InChI=1S/C25H32FN5O3.C22H29N5O.C3H4ClFO2/c1-25(2,3)17-31-21-9-8-20(27-22(21)28(4)23(31)32)18-6-5-7-19(16-18)29-11-13-30(14-12-29)24(33)34-15-10-26;1-22(2,3)15-27-19-9-8-18(24-20(19)25(4)21(27)28)16-6-5-7-17(14-16)26-12-10-23-11-13-26;4-3(6)7-2-1-5/h5-9,16H,10-15,17H2,1-4H3;5-9,14,23H,10-13,15H2,1-4H3;1-2H2. The maximum atomic E-state index is 12.8. The molecule has 69 heavy (non-hydrogen) atoms. The second-order valence-corrected chi connectivity index (χ2v) is 19.8. The first-order chi connectivity index (χ1) is 32.8. The van der Waals surface area contributed by atoms with Gasteiger partial charge in [-0.25, -0.2) is 37.9 Å². The zero-order valence-corrected chi connectivity index (χ0v) is 41.7. The number of nitrogens with zero attached hydrogens (tertiary/aromatic N) is 9. The highest BCUT2D eigenvalue weighted by Gasteiger charge is 2.24. The maximum absolute atomic E-state index is 12.8. The van der Waals surface area contributed by atoms with Crippen LogP contribution in [-0.4, -0.2) is 124 Å². The molecule has 19 heteroatoms. The van der Waals surface area contributed by atoms with Crippen molar-refractivity contribution >= 4 is 56.8 Å². The summed E-state index contributed by atoms with van der Waals surface area (Å²) in [7, 11) is 3.56. The lowest BCUT2D eigenvalue weighted by Gasteiger charge is -2.35. The van der Waals surface area contributed by atoms with Gasteiger partial charge in [0.15, 0.2) is 11.3 Å². The van der Waals surface area contributed by atoms with Crippen molar-refractivity contribution in [3.63, 3.8) is 0 Å². The van der Waals surface area contributed by atoms with Gasteiger partial charge in [-0.1, -0.05) is 65.8 Å². The van der Waals surface area contributed by atoms with Crippen LogP contribution in [0.5, 0.6) is 0 Å². The van der Waals surface area contributed by atoms with Gasteiger partial charge in [0, 0.05) is 114 Å². The minimum Gasteiger partial charge on any atom is -0.451 e. The molecule has 0 spiro atoms. The first kappa shape index (κ1) is 52.1. The number of fused-ring (bicyclic) bond motifs is 2. The molecule has 4 aromatic heterocycles. The number of piperazine rings is 2. The third kappa shape index (κ3) is 13.5. The molecule has 1 amide bonds. The van der Waals surface area contributed by atoms with Crippen LogP contribution in [0.1, 0.15) is 41.5 Å². The minimum absolute atomic E-state index is 0.0101. The van der Waals surface area contributed by atoms with E-state index in [1.165, 1.54) is 5.69 Å². The molecule has 2 aliphatic rings. The normalized spacial score (nSPS) is 14.3. The summed E-state index contributed by atoms with van der Waals surface area (Å²) < 4.78 is 39.0. The minimum atomic E-state index is -0.961. The van der Waals surface area contributed by atoms with E-state index in [1.54, 1.807) is 32.7 Å². The molecule has 8 rings (SSSR count). The van der Waals surface area contributed by atoms with Gasteiger partial charge in [0.25, 0.3) is 0 Å². The predicted octanol–water partition coefficient (Wildman–Crippen LogP) is 7.87. The van der Waals surface area contributed by atoms with Gasteiger partial charge in [-0.15, -0.1) is 0 Å². The van der Waals surface area contributed by atoms with Gasteiger partial charge < -0.3 is 29.5 Å². The van der Waals surface area contributed by atoms with Crippen LogP contribution in [-0.2, 0) is 36.7 Å². The summed E-state index contributed by atoms with van der Waals surface area (Å²) in [6.07, 6.45) is -0.465. The third-order valence-electron chi connectivity index (χ3n) is 11.5. The van der Waals surface area contributed by atoms with Gasteiger partial charge in [0.1, 0.15) is 26.6 Å². The highest BCUT2D eigenvalue weighted by Crippen LogP contribution is 2.29. The average molecular weight is 976 g/mol. The van der Waals surface area contributed by atoms with Crippen LogP contribution in [0.2, 0.25) is 0 Å². The van der Waals surface area contributed by atoms with Gasteiger partial charge >= 0.3 is 22.9 Å². The van der Waals surface area contributed by atoms with Crippen molar-refractivity contribution < 1.29 is 27.8 Å². The molecule has 2 saturated heterocycles. The predicted molar refractivity (Wildman–Crippen MR) is 269 cm³/mol. The number of halogens is 3. The molecule has 372 valence electrons. The summed E-state index contributed by atoms with van der Waals surface area (Å²) in [4.78, 5) is 63.0. The van der Waals surface area contributed by atoms with Crippen LogP contribution < -0.4 is 26.5 Å². The Labute approximate surface area is 406 Å². The fourth-order valence-corrected chi connectivity index (χ4v) is 8.33. The average Bonchev–Trinajstić information content (AvgIpc) is 3.71. The Hall–Kier alpha value is -6.27. The van der Waals surface area contributed by atoms with Crippen molar-refractivity contribution in [1.82, 2.24) is 38.5 Å². The number of alkyl halides is 2. The van der Waals surface area contributed by atoms with Crippen LogP contribution in [0.4, 0.5) is 29.7 Å². The summed E-state index contributed by atoms with van der Waals surface area (Å²) in [6, 6.07) is 24.6. The molecule has 0 aliphatic carbocycles. The van der Waals surface area contributed by atoms with Gasteiger partial charge in [-0.05, 0) is 59.4 Å². The fourth-order valence-electron chi connectivity index (χ4n) is 8.25. The molecule has 0 unspecified atom stereocenters. The Kier molecular flexibility index (Phi) is 17.3. The molecule has 6 aromatic rings. The Morgan fingerprint density at radius 3 is 1.48 bits per heavy atom. The lowest BCUT2D eigenvalue weighted by atomic mass is 9.97. The van der Waals surface area contributed by atoms with Gasteiger partial charge in [0.05, 0.1) is 22.4 Å². The second-order valence-electron chi connectivity index (χ2n) is 19.4. The summed E-state index contributed by atoms with van der Waals surface area (Å²) in [6.45, 7) is 18.6. The van der Waals surface area contributed by atoms with Crippen LogP contribution in [0.3, 0.4) is 0 Å². The Morgan fingerprint density at radius 2 is 1.07 bits per heavy atom. The van der Waals surface area contributed by atoms with Crippen molar-refractivity contribution in [1.29, 1.82) is 0 Å². The van der Waals surface area contributed by atoms with E-state index in [9.17, 15) is 28.0 Å². The van der Waals surface area contributed by atoms with Crippen molar-refractivity contribution in [3.8, 4) is 22.5 Å². The van der Waals surface area contributed by atoms with Crippen LogP contribution in [0.15, 0.2) is 82.4 Å². The molecule has 0 bridgehead atoms. The molecule has 1 N–H and O–H groups in total. The number of rotatable bonds is 10. The number of carbonyl (C=O) groups excluding carboxylic acids is 2. The van der Waals surface area contributed by atoms with Crippen molar-refractivity contribution in [2.45, 2.75) is 54.6 Å². The molecule has 6 heterocycles. The highest BCUT2D eigenvalue weighted by molar-refractivity contribution is 6.61. The molecule has 2 fully saturated rings. The number of aromatic nitrogens is 6. The van der Waals surface area contributed by atoms with Crippen LogP contribution >= 0.6 is 11.6 Å². The topological polar surface area (TPSA) is 154 Å². The first-order valence-electron chi connectivity index (χ1n) is 23.2. The van der Waals surface area contributed by atoms with E-state index < -0.39 is 24.9 Å². The van der Waals surface area contributed by atoms with Gasteiger partial charge in [-0.2, -0.15) is 0 Å². The summed E-state index contributed by atoms with van der Waals surface area (Å²) in [5, 5.41) is 3.39. The van der Waals surface area contributed by atoms with Crippen LogP contribution in [0.25, 0.3) is 44.8 Å². The number of amides is 1. The molecular weight excluding hydrogens is 910 g/mol. The second kappa shape index (κ2) is 22.9. The van der Waals surface area contributed by atoms with E-state index in [4.69, 9.17) is 14.7 Å². The van der Waals surface area contributed by atoms with E-state index in [1.807, 2.05) is 47.0 Å².